The van der Waals surface area contributed by atoms with Crippen molar-refractivity contribution in [3.8, 4) is 11.5 Å². The Labute approximate surface area is 134 Å². The van der Waals surface area contributed by atoms with Crippen LogP contribution in [0.4, 0.5) is 0 Å². The Morgan fingerprint density at radius 3 is 2.71 bits per heavy atom. The number of fused-ring (bicyclic) bond motifs is 1. The molecule has 2 aliphatic heterocycles. The first kappa shape index (κ1) is 15.1. The molecule has 4 nitrogen and oxygen atoms in total. The number of halogens is 1. The summed E-state index contributed by atoms with van der Waals surface area (Å²) in [6.07, 6.45) is 1.11. The van der Waals surface area contributed by atoms with Gasteiger partial charge in [-0.2, -0.15) is 0 Å². The second kappa shape index (κ2) is 5.78. The van der Waals surface area contributed by atoms with Gasteiger partial charge in [0.2, 0.25) is 6.79 Å². The summed E-state index contributed by atoms with van der Waals surface area (Å²) in [5.41, 5.74) is 8.50. The summed E-state index contributed by atoms with van der Waals surface area (Å²) in [5, 5.41) is 0. The molecule has 0 spiro atoms. The number of nitrogens with two attached hydrogens (primary N) is 1. The highest BCUT2D eigenvalue weighted by Gasteiger charge is 2.35. The molecule has 1 fully saturated rings. The third kappa shape index (κ3) is 2.56. The zero-order valence-corrected chi connectivity index (χ0v) is 14.4. The zero-order valence-electron chi connectivity index (χ0n) is 12.9. The molecule has 21 heavy (non-hydrogen) atoms. The summed E-state index contributed by atoms with van der Waals surface area (Å²) in [6, 6.07) is 2.62. The van der Waals surface area contributed by atoms with Crippen molar-refractivity contribution in [3.05, 3.63) is 21.7 Å². The minimum atomic E-state index is 0.309. The fraction of sp³-hybridized carbons (Fsp3) is 0.625. The maximum Gasteiger partial charge on any atom is 0.231 e. The fourth-order valence-corrected chi connectivity index (χ4v) is 4.12. The molecule has 116 valence electrons. The number of likely N-dealkylation sites (tertiary alicyclic amines) is 1. The number of benzene rings is 1. The first-order chi connectivity index (χ1) is 10.0. The first-order valence-corrected chi connectivity index (χ1v) is 8.34. The monoisotopic (exact) mass is 354 g/mol. The van der Waals surface area contributed by atoms with Gasteiger partial charge in [0.15, 0.2) is 11.5 Å². The highest BCUT2D eigenvalue weighted by Crippen LogP contribution is 2.50. The maximum atomic E-state index is 5.87. The molecule has 1 aromatic carbocycles. The summed E-state index contributed by atoms with van der Waals surface area (Å²) < 4.78 is 12.4. The molecule has 2 atom stereocenters. The number of ether oxygens (including phenoxy) is 2. The highest BCUT2D eigenvalue weighted by molar-refractivity contribution is 9.10. The summed E-state index contributed by atoms with van der Waals surface area (Å²) in [6.45, 7) is 6.55. The number of hydrogen-bond acceptors (Lipinski definition) is 4. The van der Waals surface area contributed by atoms with Crippen LogP contribution in [-0.2, 0) is 0 Å². The number of hydrogen-bond donors (Lipinski definition) is 1. The van der Waals surface area contributed by atoms with Gasteiger partial charge in [0.25, 0.3) is 0 Å². The van der Waals surface area contributed by atoms with Crippen molar-refractivity contribution in [2.75, 3.05) is 26.9 Å². The molecule has 1 aromatic rings. The van der Waals surface area contributed by atoms with Crippen molar-refractivity contribution in [1.29, 1.82) is 0 Å². The topological polar surface area (TPSA) is 47.7 Å². The molecule has 2 heterocycles. The Bertz CT molecular complexity index is 548. The van der Waals surface area contributed by atoms with E-state index in [0.29, 0.717) is 24.7 Å². The molecule has 2 aliphatic rings. The van der Waals surface area contributed by atoms with Crippen LogP contribution >= 0.6 is 15.9 Å². The normalized spacial score (nSPS) is 25.0. The van der Waals surface area contributed by atoms with Gasteiger partial charge in [-0.3, -0.25) is 4.90 Å². The quantitative estimate of drug-likeness (QED) is 0.904. The Morgan fingerprint density at radius 1 is 1.38 bits per heavy atom. The van der Waals surface area contributed by atoms with Crippen LogP contribution in [0.3, 0.4) is 0 Å². The fourth-order valence-electron chi connectivity index (χ4n) is 3.58. The summed E-state index contributed by atoms with van der Waals surface area (Å²) >= 11 is 3.63. The molecule has 0 aromatic heterocycles. The molecule has 0 aliphatic carbocycles. The van der Waals surface area contributed by atoms with Crippen LogP contribution in [0.15, 0.2) is 10.5 Å². The standard InChI is InChI=1S/C16H23BrN2O2/c1-9(2)14-11(13-4-10(6-18)7-19(13)3)5-12(17)15-16(14)21-8-20-15/h5,9-10,13H,4,6-8,18H2,1-3H3. The first-order valence-electron chi connectivity index (χ1n) is 7.55. The number of nitrogens with zero attached hydrogens (tertiary/aromatic N) is 1. The molecule has 1 saturated heterocycles. The van der Waals surface area contributed by atoms with E-state index in [1.54, 1.807) is 0 Å². The van der Waals surface area contributed by atoms with Crippen LogP contribution in [0, 0.1) is 5.92 Å². The van der Waals surface area contributed by atoms with Crippen LogP contribution in [0.5, 0.6) is 11.5 Å². The average molecular weight is 355 g/mol. The van der Waals surface area contributed by atoms with Crippen LogP contribution in [0.25, 0.3) is 0 Å². The van der Waals surface area contributed by atoms with E-state index in [1.807, 2.05) is 0 Å². The summed E-state index contributed by atoms with van der Waals surface area (Å²) in [7, 11) is 2.18. The van der Waals surface area contributed by atoms with Gasteiger partial charge in [-0.1, -0.05) is 13.8 Å². The SMILES string of the molecule is CC(C)c1c(C2CC(CN)CN2C)cc(Br)c2c1OCO2. The maximum absolute atomic E-state index is 5.87. The van der Waals surface area contributed by atoms with Gasteiger partial charge in [-0.25, -0.2) is 0 Å². The second-order valence-corrected chi connectivity index (χ2v) is 7.23. The minimum Gasteiger partial charge on any atom is -0.453 e. The largest absolute Gasteiger partial charge is 0.453 e. The Hall–Kier alpha value is -0.780. The Kier molecular flexibility index (Phi) is 4.17. The summed E-state index contributed by atoms with van der Waals surface area (Å²) in [4.78, 5) is 2.41. The van der Waals surface area contributed by atoms with Gasteiger partial charge < -0.3 is 15.2 Å². The Balaban J connectivity index is 2.08. The van der Waals surface area contributed by atoms with Crippen molar-refractivity contribution >= 4 is 15.9 Å². The van der Waals surface area contributed by atoms with Gasteiger partial charge in [-0.15, -0.1) is 0 Å². The second-order valence-electron chi connectivity index (χ2n) is 6.37. The summed E-state index contributed by atoms with van der Waals surface area (Å²) in [5.74, 6) is 2.73. The van der Waals surface area contributed by atoms with Crippen molar-refractivity contribution < 1.29 is 9.47 Å². The lowest BCUT2D eigenvalue weighted by molar-refractivity contribution is 0.172. The van der Waals surface area contributed by atoms with Crippen LogP contribution in [0.1, 0.15) is 43.4 Å². The lowest BCUT2D eigenvalue weighted by Gasteiger charge is -2.25. The zero-order chi connectivity index (χ0) is 15.1. The molecule has 2 N–H and O–H groups in total. The Morgan fingerprint density at radius 2 is 2.10 bits per heavy atom. The lowest BCUT2D eigenvalue weighted by atomic mass is 9.89. The van der Waals surface area contributed by atoms with Crippen LogP contribution < -0.4 is 15.2 Å². The molecule has 3 rings (SSSR count). The molecule has 2 unspecified atom stereocenters. The van der Waals surface area contributed by atoms with E-state index in [2.05, 4.69) is 47.8 Å². The molecule has 5 heteroatoms. The highest BCUT2D eigenvalue weighted by atomic mass is 79.9. The predicted octanol–water partition coefficient (Wildman–Crippen LogP) is 3.25. The van der Waals surface area contributed by atoms with Gasteiger partial charge in [-0.05, 0) is 59.4 Å². The van der Waals surface area contributed by atoms with E-state index in [9.17, 15) is 0 Å². The third-order valence-electron chi connectivity index (χ3n) is 4.57. The van der Waals surface area contributed by atoms with Gasteiger partial charge in [0.05, 0.1) is 4.47 Å². The van der Waals surface area contributed by atoms with Crippen molar-refractivity contribution in [2.45, 2.75) is 32.2 Å². The lowest BCUT2D eigenvalue weighted by Crippen LogP contribution is -2.21. The van der Waals surface area contributed by atoms with Crippen molar-refractivity contribution in [2.24, 2.45) is 11.7 Å². The van der Waals surface area contributed by atoms with Crippen molar-refractivity contribution in [1.82, 2.24) is 4.90 Å². The van der Waals surface area contributed by atoms with Crippen LogP contribution in [-0.4, -0.2) is 31.8 Å². The smallest absolute Gasteiger partial charge is 0.231 e. The molecule has 0 saturated carbocycles. The molecule has 0 radical (unpaired) electrons. The van der Waals surface area contributed by atoms with E-state index < -0.39 is 0 Å². The number of rotatable bonds is 3. The van der Waals surface area contributed by atoms with Gasteiger partial charge >= 0.3 is 0 Å². The molecule has 0 bridgehead atoms. The molecular weight excluding hydrogens is 332 g/mol. The average Bonchev–Trinajstić information content (AvgIpc) is 3.04. The van der Waals surface area contributed by atoms with E-state index in [4.69, 9.17) is 15.2 Å². The molecular formula is C16H23BrN2O2. The predicted molar refractivity (Wildman–Crippen MR) is 86.9 cm³/mol. The van der Waals surface area contributed by atoms with E-state index in [0.717, 1.165) is 35.5 Å². The van der Waals surface area contributed by atoms with Gasteiger partial charge in [0, 0.05) is 18.2 Å². The van der Waals surface area contributed by atoms with Gasteiger partial charge in [0.1, 0.15) is 0 Å². The third-order valence-corrected chi connectivity index (χ3v) is 5.16. The van der Waals surface area contributed by atoms with E-state index >= 15 is 0 Å². The van der Waals surface area contributed by atoms with Crippen LogP contribution in [0.2, 0.25) is 0 Å². The van der Waals surface area contributed by atoms with E-state index in [1.165, 1.54) is 11.1 Å². The minimum absolute atomic E-state index is 0.309. The molecule has 0 amide bonds. The van der Waals surface area contributed by atoms with E-state index in [-0.39, 0.29) is 0 Å². The van der Waals surface area contributed by atoms with Crippen molar-refractivity contribution in [3.63, 3.8) is 0 Å².